The molecule has 0 spiro atoms. The van der Waals surface area contributed by atoms with Crippen molar-refractivity contribution in [2.75, 3.05) is 0 Å². The Bertz CT molecular complexity index is 326. The number of benzene rings is 1. The van der Waals surface area contributed by atoms with Gasteiger partial charge in [0.2, 0.25) is 8.32 Å². The summed E-state index contributed by atoms with van der Waals surface area (Å²) in [5, 5.41) is 1.17. The fourth-order valence-electron chi connectivity index (χ4n) is 0.933. The van der Waals surface area contributed by atoms with Gasteiger partial charge in [-0.3, -0.25) is 0 Å². The lowest BCUT2D eigenvalue weighted by Crippen LogP contribution is -2.29. The molecule has 1 nitrogen and oxygen atoms in total. The van der Waals surface area contributed by atoms with E-state index in [0.717, 1.165) is 3.57 Å². The van der Waals surface area contributed by atoms with Crippen LogP contribution in [0.15, 0.2) is 12.1 Å². The van der Waals surface area contributed by atoms with Crippen LogP contribution < -0.4 is 4.43 Å². The molecule has 0 aliphatic heterocycles. The summed E-state index contributed by atoms with van der Waals surface area (Å²) in [4.78, 5) is 0. The average Bonchev–Trinajstić information content (AvgIpc) is 1.95. The van der Waals surface area contributed by atoms with Crippen LogP contribution in [0.5, 0.6) is 5.75 Å². The van der Waals surface area contributed by atoms with Crippen molar-refractivity contribution in [3.8, 4) is 5.75 Å². The summed E-state index contributed by atoms with van der Waals surface area (Å²) in [5.41, 5.74) is 0. The predicted molar refractivity (Wildman–Crippen MR) is 73.2 cm³/mol. The van der Waals surface area contributed by atoms with Crippen molar-refractivity contribution in [3.05, 3.63) is 25.7 Å². The zero-order valence-corrected chi connectivity index (χ0v) is 12.9. The molecule has 1 aromatic carbocycles. The zero-order valence-electron chi connectivity index (χ0n) is 8.20. The van der Waals surface area contributed by atoms with Gasteiger partial charge in [0.1, 0.15) is 5.75 Å². The fourth-order valence-corrected chi connectivity index (χ4v) is 3.45. The molecule has 0 aliphatic rings. The highest BCUT2D eigenvalue weighted by molar-refractivity contribution is 14.1. The lowest BCUT2D eigenvalue weighted by Gasteiger charge is -2.21. The van der Waals surface area contributed by atoms with Crippen LogP contribution in [0.1, 0.15) is 0 Å². The molecule has 0 radical (unpaired) electrons. The number of rotatable bonds is 2. The van der Waals surface area contributed by atoms with Crippen molar-refractivity contribution < 1.29 is 4.43 Å². The van der Waals surface area contributed by atoms with E-state index in [1.54, 1.807) is 0 Å². The Balaban J connectivity index is 3.09. The van der Waals surface area contributed by atoms with Crippen LogP contribution >= 0.6 is 45.8 Å². The van der Waals surface area contributed by atoms with Gasteiger partial charge in [-0.05, 0) is 54.4 Å². The van der Waals surface area contributed by atoms with E-state index in [-0.39, 0.29) is 0 Å². The van der Waals surface area contributed by atoms with Gasteiger partial charge in [-0.25, -0.2) is 0 Å². The number of halogens is 3. The normalized spacial score (nSPS) is 11.6. The molecule has 0 heterocycles. The molecule has 0 unspecified atom stereocenters. The summed E-state index contributed by atoms with van der Waals surface area (Å²) < 4.78 is 6.80. The third-order valence-corrected chi connectivity index (χ3v) is 3.37. The maximum Gasteiger partial charge on any atom is 0.242 e. The topological polar surface area (TPSA) is 9.23 Å². The molecule has 0 N–H and O–H groups in total. The standard InChI is InChI=1S/C9H11Cl2IOSi/c1-14(2,3)13-9-7(10)4-6(12)5-8(9)11/h4-5H,1-3H3. The maximum atomic E-state index is 6.05. The second kappa shape index (κ2) is 4.59. The van der Waals surface area contributed by atoms with Gasteiger partial charge in [-0.1, -0.05) is 23.2 Å². The monoisotopic (exact) mass is 360 g/mol. The lowest BCUT2D eigenvalue weighted by molar-refractivity contribution is 0.558. The van der Waals surface area contributed by atoms with Crippen molar-refractivity contribution in [1.29, 1.82) is 0 Å². The first-order chi connectivity index (χ1) is 6.29. The maximum absolute atomic E-state index is 6.05. The minimum absolute atomic E-state index is 0.587. The number of hydrogen-bond acceptors (Lipinski definition) is 1. The van der Waals surface area contributed by atoms with E-state index in [2.05, 4.69) is 42.2 Å². The van der Waals surface area contributed by atoms with Gasteiger partial charge >= 0.3 is 0 Å². The van der Waals surface area contributed by atoms with Crippen LogP contribution in [0, 0.1) is 3.57 Å². The highest BCUT2D eigenvalue weighted by Gasteiger charge is 2.20. The summed E-state index contributed by atoms with van der Waals surface area (Å²) in [5.74, 6) is 0.618. The molecule has 0 fully saturated rings. The highest BCUT2D eigenvalue weighted by Crippen LogP contribution is 2.36. The third kappa shape index (κ3) is 3.60. The first-order valence-electron chi connectivity index (χ1n) is 4.13. The Hall–Kier alpha value is 0.547. The zero-order chi connectivity index (χ0) is 10.9. The van der Waals surface area contributed by atoms with Crippen molar-refractivity contribution in [1.82, 2.24) is 0 Å². The number of hydrogen-bond donors (Lipinski definition) is 0. The van der Waals surface area contributed by atoms with Crippen molar-refractivity contribution in [3.63, 3.8) is 0 Å². The molecule has 1 aromatic rings. The van der Waals surface area contributed by atoms with Crippen LogP contribution in [0.4, 0.5) is 0 Å². The van der Waals surface area contributed by atoms with Crippen LogP contribution in [0.3, 0.4) is 0 Å². The molecule has 0 saturated carbocycles. The van der Waals surface area contributed by atoms with Gasteiger partial charge < -0.3 is 4.43 Å². The molecule has 1 rings (SSSR count). The molecule has 78 valence electrons. The van der Waals surface area contributed by atoms with E-state index in [1.165, 1.54) is 0 Å². The van der Waals surface area contributed by atoms with Gasteiger partial charge in [0.25, 0.3) is 0 Å². The molecule has 0 amide bonds. The van der Waals surface area contributed by atoms with Crippen LogP contribution in [-0.4, -0.2) is 8.32 Å². The summed E-state index contributed by atoms with van der Waals surface area (Å²) in [6.07, 6.45) is 0. The summed E-state index contributed by atoms with van der Waals surface area (Å²) >= 11 is 14.3. The van der Waals surface area contributed by atoms with Gasteiger partial charge in [0.15, 0.2) is 0 Å². The second-order valence-electron chi connectivity index (χ2n) is 3.91. The van der Waals surface area contributed by atoms with Crippen molar-refractivity contribution in [2.24, 2.45) is 0 Å². The fraction of sp³-hybridized carbons (Fsp3) is 0.333. The lowest BCUT2D eigenvalue weighted by atomic mass is 10.3. The highest BCUT2D eigenvalue weighted by atomic mass is 127. The Morgan fingerprint density at radius 2 is 1.57 bits per heavy atom. The SMILES string of the molecule is C[Si](C)(C)Oc1c(Cl)cc(I)cc1Cl. The minimum Gasteiger partial charge on any atom is -0.542 e. The molecular formula is C9H11Cl2IOSi. The van der Waals surface area contributed by atoms with Gasteiger partial charge in [-0.15, -0.1) is 0 Å². The van der Waals surface area contributed by atoms with Gasteiger partial charge in [0.05, 0.1) is 10.0 Å². The molecule has 5 heteroatoms. The van der Waals surface area contributed by atoms with Crippen molar-refractivity contribution in [2.45, 2.75) is 19.6 Å². The summed E-state index contributed by atoms with van der Waals surface area (Å²) in [6, 6.07) is 3.70. The van der Waals surface area contributed by atoms with E-state index in [4.69, 9.17) is 27.6 Å². The summed E-state index contributed by atoms with van der Waals surface area (Å²) in [6.45, 7) is 6.28. The molecule has 0 aliphatic carbocycles. The Labute approximate surface area is 109 Å². The smallest absolute Gasteiger partial charge is 0.242 e. The largest absolute Gasteiger partial charge is 0.542 e. The van der Waals surface area contributed by atoms with Gasteiger partial charge in [0, 0.05) is 3.57 Å². The van der Waals surface area contributed by atoms with Crippen molar-refractivity contribution >= 4 is 54.1 Å². The molecule has 14 heavy (non-hydrogen) atoms. The van der Waals surface area contributed by atoms with Crippen LogP contribution in [-0.2, 0) is 0 Å². The van der Waals surface area contributed by atoms with E-state index in [9.17, 15) is 0 Å². The first kappa shape index (κ1) is 12.6. The molecule has 0 saturated heterocycles. The van der Waals surface area contributed by atoms with Crippen LogP contribution in [0.25, 0.3) is 0 Å². The first-order valence-corrected chi connectivity index (χ1v) is 9.37. The molecule has 0 aromatic heterocycles. The quantitative estimate of drug-likeness (QED) is 0.543. The Morgan fingerprint density at radius 3 is 1.93 bits per heavy atom. The third-order valence-electron chi connectivity index (χ3n) is 1.37. The summed E-state index contributed by atoms with van der Waals surface area (Å²) in [7, 11) is -1.65. The van der Waals surface area contributed by atoms with Gasteiger partial charge in [-0.2, -0.15) is 0 Å². The Morgan fingerprint density at radius 1 is 1.14 bits per heavy atom. The van der Waals surface area contributed by atoms with Crippen LogP contribution in [0.2, 0.25) is 29.7 Å². The second-order valence-corrected chi connectivity index (χ2v) is 10.4. The van der Waals surface area contributed by atoms with E-state index >= 15 is 0 Å². The Kier molecular flexibility index (Phi) is 4.14. The van der Waals surface area contributed by atoms with E-state index < -0.39 is 8.32 Å². The van der Waals surface area contributed by atoms with E-state index in [0.29, 0.717) is 15.8 Å². The molecule has 0 bridgehead atoms. The average molecular weight is 361 g/mol. The molecule has 0 atom stereocenters. The van der Waals surface area contributed by atoms with E-state index in [1.807, 2.05) is 12.1 Å². The minimum atomic E-state index is -1.65. The molecular weight excluding hydrogens is 350 g/mol. The predicted octanol–water partition coefficient (Wildman–Crippen LogP) is 4.81.